The quantitative estimate of drug-likeness (QED) is 0.239. The van der Waals surface area contributed by atoms with Crippen LogP contribution in [0.5, 0.6) is 28.7 Å². The number of sulfonamides is 1. The average molecular weight is 519 g/mol. The first-order valence-corrected chi connectivity index (χ1v) is 11.4. The van der Waals surface area contributed by atoms with Crippen LogP contribution in [0.15, 0.2) is 35.7 Å². The van der Waals surface area contributed by atoms with Gasteiger partial charge in [0.25, 0.3) is 10.0 Å². The van der Waals surface area contributed by atoms with E-state index >= 15 is 0 Å². The third-order valence-corrected chi connectivity index (χ3v) is 5.24. The summed E-state index contributed by atoms with van der Waals surface area (Å²) in [6.07, 6.45) is 1.25. The van der Waals surface area contributed by atoms with E-state index in [1.54, 1.807) is 12.1 Å². The van der Waals surface area contributed by atoms with Crippen molar-refractivity contribution in [2.75, 3.05) is 33.2 Å². The van der Waals surface area contributed by atoms with Gasteiger partial charge in [-0.15, -0.1) is 0 Å². The van der Waals surface area contributed by atoms with Gasteiger partial charge in [0.1, 0.15) is 25.1 Å². The Kier molecular flexibility index (Phi) is 13.5. The minimum absolute atomic E-state index is 0. The molecule has 0 heterocycles. The Morgan fingerprint density at radius 3 is 1.85 bits per heavy atom. The normalized spacial score (nSPS) is 11.1. The topological polar surface area (TPSA) is 156 Å². The summed E-state index contributed by atoms with van der Waals surface area (Å²) in [6.45, 7) is 0. The van der Waals surface area contributed by atoms with Crippen LogP contribution in [0.3, 0.4) is 0 Å². The van der Waals surface area contributed by atoms with Gasteiger partial charge in [0.05, 0.1) is 45.1 Å². The van der Waals surface area contributed by atoms with Crippen molar-refractivity contribution in [3.05, 3.63) is 41.3 Å². The second-order valence-corrected chi connectivity index (χ2v) is 8.44. The maximum absolute atomic E-state index is 12.5. The van der Waals surface area contributed by atoms with Crippen LogP contribution < -0.4 is 97.1 Å². The molecule has 0 fully saturated rings. The molecule has 0 aliphatic rings. The molecule has 0 aliphatic carbocycles. The molecule has 0 spiro atoms. The number of phosphoric acid groups is 1. The maximum Gasteiger partial charge on any atom is 1.00 e. The summed E-state index contributed by atoms with van der Waals surface area (Å²) in [5.41, 5.74) is 0.274. The van der Waals surface area contributed by atoms with Gasteiger partial charge in [-0.05, 0) is 18.2 Å². The molecule has 2 rings (SSSR count). The molecule has 0 bridgehead atoms. The van der Waals surface area contributed by atoms with E-state index in [4.69, 9.17) is 18.9 Å². The number of nitrogens with one attached hydrogen (secondary N) is 1. The summed E-state index contributed by atoms with van der Waals surface area (Å²) in [5, 5.41) is 0.858. The second kappa shape index (κ2) is 13.8. The molecular weight excluding hydrogens is 499 g/mol. The van der Waals surface area contributed by atoms with E-state index in [0.29, 0.717) is 22.8 Å². The Hall–Kier alpha value is -0.920. The number of phosphoric ester groups is 1. The van der Waals surface area contributed by atoms with Gasteiger partial charge in [-0.2, -0.15) is 0 Å². The first kappa shape index (κ1) is 32.1. The number of anilines is 1. The average Bonchev–Trinajstić information content (AvgIpc) is 2.70. The number of hydrogen-bond donors (Lipinski definition) is 1. The SMILES string of the molecule is COc1cc(OC)c(/C=C/S(=O)(=O)Nc2ccc(OC)c(OP(=O)([O-])[O-])c2)c(OC)c1.[Na+].[Na+]. The molecule has 0 radical (unpaired) electrons. The van der Waals surface area contributed by atoms with Crippen molar-refractivity contribution < 1.29 is 105 Å². The zero-order valence-corrected chi connectivity index (χ0v) is 24.7. The van der Waals surface area contributed by atoms with E-state index in [2.05, 4.69) is 9.25 Å². The summed E-state index contributed by atoms with van der Waals surface area (Å²) >= 11 is 0. The van der Waals surface area contributed by atoms with E-state index in [0.717, 1.165) is 11.5 Å². The van der Waals surface area contributed by atoms with E-state index in [-0.39, 0.29) is 70.6 Å². The predicted molar refractivity (Wildman–Crippen MR) is 109 cm³/mol. The molecular formula is C18H20NNa2O10PS. The van der Waals surface area contributed by atoms with Gasteiger partial charge in [-0.25, -0.2) is 8.42 Å². The smallest absolute Gasteiger partial charge is 0.780 e. The third kappa shape index (κ3) is 9.69. The molecule has 0 saturated carbocycles. The van der Waals surface area contributed by atoms with Crippen LogP contribution in [0.2, 0.25) is 0 Å². The molecule has 11 nitrogen and oxygen atoms in total. The van der Waals surface area contributed by atoms with Gasteiger partial charge in [0.2, 0.25) is 0 Å². The molecule has 0 unspecified atom stereocenters. The molecule has 0 aliphatic heterocycles. The van der Waals surface area contributed by atoms with Crippen LogP contribution in [0.25, 0.3) is 6.08 Å². The van der Waals surface area contributed by atoms with Crippen LogP contribution >= 0.6 is 7.82 Å². The van der Waals surface area contributed by atoms with Crippen molar-refractivity contribution in [2.24, 2.45) is 0 Å². The summed E-state index contributed by atoms with van der Waals surface area (Å²) in [4.78, 5) is 21.8. The van der Waals surface area contributed by atoms with Crippen LogP contribution in [-0.2, 0) is 14.6 Å². The van der Waals surface area contributed by atoms with Crippen molar-refractivity contribution in [1.29, 1.82) is 0 Å². The largest absolute Gasteiger partial charge is 1.00 e. The Bertz CT molecular complexity index is 1100. The molecule has 0 atom stereocenters. The molecule has 2 aromatic rings. The molecule has 0 aromatic heterocycles. The number of hydrogen-bond acceptors (Lipinski definition) is 10. The molecule has 2 aromatic carbocycles. The standard InChI is InChI=1S/C18H22NO10PS.2Na/c1-25-13-10-16(27-3)14(17(11-13)28-4)7-8-31(23,24)19-12-5-6-15(26-2)18(9-12)29-30(20,21)22;;/h5-11,19H,1-4H3,(H2,20,21,22);;/q;2*+1/p-2/b8-7+;;. The molecule has 15 heteroatoms. The van der Waals surface area contributed by atoms with Crippen LogP contribution in [0.4, 0.5) is 5.69 Å². The minimum atomic E-state index is -5.39. The summed E-state index contributed by atoms with van der Waals surface area (Å²) in [6, 6.07) is 6.65. The van der Waals surface area contributed by atoms with Gasteiger partial charge in [-0.3, -0.25) is 4.72 Å². The summed E-state index contributed by atoms with van der Waals surface area (Å²) in [7, 11) is -3.96. The van der Waals surface area contributed by atoms with E-state index in [9.17, 15) is 22.8 Å². The molecule has 0 amide bonds. The van der Waals surface area contributed by atoms with Crippen LogP contribution in [0, 0.1) is 0 Å². The van der Waals surface area contributed by atoms with Gasteiger partial charge >= 0.3 is 59.1 Å². The van der Waals surface area contributed by atoms with E-state index < -0.39 is 23.6 Å². The minimum Gasteiger partial charge on any atom is -0.780 e. The fourth-order valence-electron chi connectivity index (χ4n) is 2.48. The summed E-state index contributed by atoms with van der Waals surface area (Å²) in [5.74, 6) is 0.539. The van der Waals surface area contributed by atoms with Crippen molar-refractivity contribution in [2.45, 2.75) is 0 Å². The van der Waals surface area contributed by atoms with Crippen molar-refractivity contribution >= 4 is 29.6 Å². The number of benzene rings is 2. The van der Waals surface area contributed by atoms with E-state index in [1.165, 1.54) is 46.6 Å². The predicted octanol–water partition coefficient (Wildman–Crippen LogP) is -4.65. The van der Waals surface area contributed by atoms with Gasteiger partial charge in [0, 0.05) is 18.2 Å². The Labute approximate surface area is 236 Å². The summed E-state index contributed by atoms with van der Waals surface area (Å²) < 4.78 is 63.0. The van der Waals surface area contributed by atoms with Crippen molar-refractivity contribution in [3.63, 3.8) is 0 Å². The monoisotopic (exact) mass is 519 g/mol. The number of rotatable bonds is 10. The van der Waals surface area contributed by atoms with Gasteiger partial charge in [-0.1, -0.05) is 0 Å². The zero-order chi connectivity index (χ0) is 23.2. The van der Waals surface area contributed by atoms with Crippen molar-refractivity contribution in [3.8, 4) is 28.7 Å². The number of methoxy groups -OCH3 is 4. The first-order valence-electron chi connectivity index (χ1n) is 8.42. The van der Waals surface area contributed by atoms with Crippen molar-refractivity contribution in [1.82, 2.24) is 0 Å². The van der Waals surface area contributed by atoms with E-state index in [1.807, 2.05) is 0 Å². The molecule has 0 saturated heterocycles. The van der Waals surface area contributed by atoms with Gasteiger partial charge in [0.15, 0.2) is 11.5 Å². The number of ether oxygens (including phenoxy) is 4. The fourth-order valence-corrected chi connectivity index (χ4v) is 3.71. The Balaban J connectivity index is 0.00000512. The molecule has 33 heavy (non-hydrogen) atoms. The maximum atomic E-state index is 12.5. The molecule has 170 valence electrons. The van der Waals surface area contributed by atoms with Crippen LogP contribution in [-0.4, -0.2) is 36.9 Å². The Morgan fingerprint density at radius 1 is 0.848 bits per heavy atom. The van der Waals surface area contributed by atoms with Gasteiger partial charge < -0.3 is 37.8 Å². The zero-order valence-electron chi connectivity index (χ0n) is 19.0. The first-order chi connectivity index (χ1) is 14.5. The van der Waals surface area contributed by atoms with Crippen LogP contribution in [0.1, 0.15) is 5.56 Å². The third-order valence-electron chi connectivity index (χ3n) is 3.80. The Morgan fingerprint density at radius 2 is 1.39 bits per heavy atom. The molecule has 1 N–H and O–H groups in total. The fraction of sp³-hybridized carbons (Fsp3) is 0.222. The second-order valence-electron chi connectivity index (χ2n) is 5.80.